The fourth-order valence-electron chi connectivity index (χ4n) is 2.98. The molecule has 2 N–H and O–H groups in total. The van der Waals surface area contributed by atoms with E-state index in [-0.39, 0.29) is 11.8 Å². The molecule has 3 aromatic heterocycles. The lowest BCUT2D eigenvalue weighted by molar-refractivity contribution is 0.0736. The minimum absolute atomic E-state index is 0.00596. The van der Waals surface area contributed by atoms with Gasteiger partial charge in [0.2, 0.25) is 0 Å². The first-order valence-corrected chi connectivity index (χ1v) is 9.16. The minimum atomic E-state index is -0.253. The zero-order valence-electron chi connectivity index (χ0n) is 13.9. The third-order valence-corrected chi connectivity index (χ3v) is 5.20. The van der Waals surface area contributed by atoms with E-state index < -0.39 is 0 Å². The number of thiophene rings is 1. The Labute approximate surface area is 154 Å². The Morgan fingerprint density at radius 1 is 1.31 bits per heavy atom. The first-order chi connectivity index (χ1) is 12.7. The van der Waals surface area contributed by atoms with Crippen LogP contribution in [0.25, 0.3) is 0 Å². The Morgan fingerprint density at radius 2 is 2.23 bits per heavy atom. The Morgan fingerprint density at radius 3 is 3.00 bits per heavy atom. The third-order valence-electron chi connectivity index (χ3n) is 4.34. The number of rotatable bonds is 4. The van der Waals surface area contributed by atoms with E-state index in [4.69, 9.17) is 0 Å². The van der Waals surface area contributed by atoms with E-state index in [0.717, 1.165) is 16.8 Å². The molecule has 0 aromatic carbocycles. The first kappa shape index (κ1) is 16.5. The van der Waals surface area contributed by atoms with Crippen molar-refractivity contribution < 1.29 is 9.59 Å². The molecule has 1 aliphatic heterocycles. The topological polar surface area (TPSA) is 91.0 Å². The van der Waals surface area contributed by atoms with Gasteiger partial charge >= 0.3 is 0 Å². The van der Waals surface area contributed by atoms with Gasteiger partial charge in [-0.2, -0.15) is 5.10 Å². The lowest BCUT2D eigenvalue weighted by atomic mass is 10.0. The van der Waals surface area contributed by atoms with Gasteiger partial charge in [0.1, 0.15) is 0 Å². The predicted molar refractivity (Wildman–Crippen MR) is 96.8 cm³/mol. The molecule has 8 heteroatoms. The Hall–Kier alpha value is -3.00. The van der Waals surface area contributed by atoms with Crippen molar-refractivity contribution in [1.29, 1.82) is 0 Å². The predicted octanol–water partition coefficient (Wildman–Crippen LogP) is 1.99. The molecule has 4 rings (SSSR count). The molecule has 1 aliphatic rings. The molecule has 0 bridgehead atoms. The highest BCUT2D eigenvalue weighted by Gasteiger charge is 2.28. The van der Waals surface area contributed by atoms with Crippen molar-refractivity contribution in [2.45, 2.75) is 19.5 Å². The van der Waals surface area contributed by atoms with Crippen molar-refractivity contribution in [3.05, 3.63) is 69.4 Å². The number of amides is 2. The zero-order valence-corrected chi connectivity index (χ0v) is 14.8. The molecule has 0 saturated heterocycles. The fraction of sp³-hybridized carbons (Fsp3) is 0.222. The highest BCUT2D eigenvalue weighted by molar-refractivity contribution is 7.12. The Bertz CT molecular complexity index is 920. The van der Waals surface area contributed by atoms with Gasteiger partial charge in [-0.1, -0.05) is 12.1 Å². The van der Waals surface area contributed by atoms with Crippen LogP contribution >= 0.6 is 11.3 Å². The lowest BCUT2D eigenvalue weighted by Crippen LogP contribution is -2.36. The molecule has 0 atom stereocenters. The quantitative estimate of drug-likeness (QED) is 0.738. The second-order valence-corrected chi connectivity index (χ2v) is 6.97. The van der Waals surface area contributed by atoms with Crippen LogP contribution in [0.1, 0.15) is 37.0 Å². The fourth-order valence-corrected chi connectivity index (χ4v) is 3.67. The van der Waals surface area contributed by atoms with Crippen LogP contribution in [0.2, 0.25) is 0 Å². The van der Waals surface area contributed by atoms with Gasteiger partial charge in [-0.25, -0.2) is 0 Å². The van der Waals surface area contributed by atoms with Crippen molar-refractivity contribution in [2.75, 3.05) is 6.54 Å². The summed E-state index contributed by atoms with van der Waals surface area (Å²) in [5, 5.41) is 11.9. The van der Waals surface area contributed by atoms with Crippen LogP contribution in [0.4, 0.5) is 0 Å². The van der Waals surface area contributed by atoms with E-state index in [2.05, 4.69) is 20.5 Å². The summed E-state index contributed by atoms with van der Waals surface area (Å²) in [6.07, 6.45) is 4.06. The molecule has 0 aliphatic carbocycles. The van der Waals surface area contributed by atoms with Gasteiger partial charge in [-0.15, -0.1) is 11.3 Å². The Balaban J connectivity index is 1.48. The highest BCUT2D eigenvalue weighted by Crippen LogP contribution is 2.23. The van der Waals surface area contributed by atoms with Crippen LogP contribution in [-0.4, -0.2) is 38.4 Å². The molecule has 0 saturated carbocycles. The number of carbonyl (C=O) groups is 2. The van der Waals surface area contributed by atoms with E-state index in [1.165, 1.54) is 11.3 Å². The maximum absolute atomic E-state index is 12.6. The summed E-state index contributed by atoms with van der Waals surface area (Å²) < 4.78 is 0. The number of pyridine rings is 1. The van der Waals surface area contributed by atoms with Crippen LogP contribution in [0.15, 0.2) is 42.0 Å². The molecular weight excluding hydrogens is 350 g/mol. The first-order valence-electron chi connectivity index (χ1n) is 8.28. The van der Waals surface area contributed by atoms with Crippen molar-refractivity contribution in [2.24, 2.45) is 0 Å². The SMILES string of the molecule is O=C(NCc1cccnc1)c1n[nH]c2c1CN(C(=O)c1cccs1)CC2. The molecule has 7 nitrogen and oxygen atoms in total. The molecule has 0 unspecified atom stereocenters. The van der Waals surface area contributed by atoms with Gasteiger partial charge in [0, 0.05) is 43.2 Å². The maximum Gasteiger partial charge on any atom is 0.272 e. The highest BCUT2D eigenvalue weighted by atomic mass is 32.1. The summed E-state index contributed by atoms with van der Waals surface area (Å²) in [5.74, 6) is -0.259. The average Bonchev–Trinajstić information content (AvgIpc) is 3.35. The standard InChI is InChI=1S/C18H17N5O2S/c24-17(20-10-12-3-1-6-19-9-12)16-13-11-23(7-5-14(13)21-22-16)18(25)15-4-2-8-26-15/h1-4,6,8-9H,5,7,10-11H2,(H,20,24)(H,21,22). The van der Waals surface area contributed by atoms with Crippen molar-refractivity contribution in [1.82, 2.24) is 25.4 Å². The summed E-state index contributed by atoms with van der Waals surface area (Å²) in [6, 6.07) is 7.41. The second-order valence-electron chi connectivity index (χ2n) is 6.03. The van der Waals surface area contributed by atoms with Crippen LogP contribution in [0, 0.1) is 0 Å². The normalized spacial score (nSPS) is 13.3. The zero-order chi connectivity index (χ0) is 17.9. The second kappa shape index (κ2) is 7.09. The molecule has 2 amide bonds. The van der Waals surface area contributed by atoms with E-state index >= 15 is 0 Å². The smallest absolute Gasteiger partial charge is 0.272 e. The number of aromatic nitrogens is 3. The van der Waals surface area contributed by atoms with E-state index in [1.54, 1.807) is 17.3 Å². The van der Waals surface area contributed by atoms with E-state index in [0.29, 0.717) is 36.6 Å². The number of fused-ring (bicyclic) bond motifs is 1. The monoisotopic (exact) mass is 367 g/mol. The summed E-state index contributed by atoms with van der Waals surface area (Å²) in [6.45, 7) is 1.38. The third kappa shape index (κ3) is 3.23. The average molecular weight is 367 g/mol. The van der Waals surface area contributed by atoms with Crippen LogP contribution < -0.4 is 5.32 Å². The summed E-state index contributed by atoms with van der Waals surface area (Å²) >= 11 is 1.42. The van der Waals surface area contributed by atoms with Gasteiger partial charge in [0.25, 0.3) is 11.8 Å². The molecule has 0 spiro atoms. The molecule has 3 aromatic rings. The molecular formula is C18H17N5O2S. The van der Waals surface area contributed by atoms with Crippen LogP contribution in [-0.2, 0) is 19.5 Å². The number of nitrogens with one attached hydrogen (secondary N) is 2. The molecule has 0 radical (unpaired) electrons. The number of hydrogen-bond donors (Lipinski definition) is 2. The summed E-state index contributed by atoms with van der Waals surface area (Å²) in [5.41, 5.74) is 2.99. The number of hydrogen-bond acceptors (Lipinski definition) is 5. The van der Waals surface area contributed by atoms with Crippen molar-refractivity contribution in [3.63, 3.8) is 0 Å². The largest absolute Gasteiger partial charge is 0.346 e. The van der Waals surface area contributed by atoms with Gasteiger partial charge in [-0.3, -0.25) is 19.7 Å². The molecule has 132 valence electrons. The van der Waals surface area contributed by atoms with Gasteiger partial charge < -0.3 is 10.2 Å². The summed E-state index contributed by atoms with van der Waals surface area (Å²) in [4.78, 5) is 31.6. The molecule has 26 heavy (non-hydrogen) atoms. The van der Waals surface area contributed by atoms with Gasteiger partial charge in [0.15, 0.2) is 5.69 Å². The molecule has 0 fully saturated rings. The molecule has 4 heterocycles. The number of carbonyl (C=O) groups excluding carboxylic acids is 2. The van der Waals surface area contributed by atoms with E-state index in [9.17, 15) is 9.59 Å². The van der Waals surface area contributed by atoms with Gasteiger partial charge in [-0.05, 0) is 23.1 Å². The van der Waals surface area contributed by atoms with Gasteiger partial charge in [0.05, 0.1) is 11.4 Å². The lowest BCUT2D eigenvalue weighted by Gasteiger charge is -2.26. The van der Waals surface area contributed by atoms with Crippen molar-refractivity contribution in [3.8, 4) is 0 Å². The summed E-state index contributed by atoms with van der Waals surface area (Å²) in [7, 11) is 0. The van der Waals surface area contributed by atoms with E-state index in [1.807, 2.05) is 29.6 Å². The Kier molecular flexibility index (Phi) is 4.49. The number of nitrogens with zero attached hydrogens (tertiary/aromatic N) is 3. The number of aromatic amines is 1. The maximum atomic E-state index is 12.6. The van der Waals surface area contributed by atoms with Crippen LogP contribution in [0.3, 0.4) is 0 Å². The van der Waals surface area contributed by atoms with Crippen molar-refractivity contribution >= 4 is 23.2 Å². The minimum Gasteiger partial charge on any atom is -0.346 e. The number of H-pyrrole nitrogens is 1. The van der Waals surface area contributed by atoms with Crippen LogP contribution in [0.5, 0.6) is 0 Å².